The molecule has 2 fully saturated rings. The van der Waals surface area contributed by atoms with E-state index in [9.17, 15) is 9.18 Å². The van der Waals surface area contributed by atoms with Gasteiger partial charge in [0, 0.05) is 30.7 Å². The summed E-state index contributed by atoms with van der Waals surface area (Å²) in [6, 6.07) is 7.77. The van der Waals surface area contributed by atoms with Gasteiger partial charge in [0.05, 0.1) is 42.1 Å². The van der Waals surface area contributed by atoms with E-state index in [1.54, 1.807) is 12.1 Å². The van der Waals surface area contributed by atoms with Crippen LogP contribution < -0.4 is 20.7 Å². The summed E-state index contributed by atoms with van der Waals surface area (Å²) in [4.78, 5) is 24.0. The van der Waals surface area contributed by atoms with E-state index in [1.165, 1.54) is 18.5 Å². The molecule has 11 heteroatoms. The van der Waals surface area contributed by atoms with Crippen LogP contribution in [0.1, 0.15) is 19.3 Å². The van der Waals surface area contributed by atoms with Gasteiger partial charge in [-0.3, -0.25) is 9.69 Å². The molecule has 9 nitrogen and oxygen atoms in total. The van der Waals surface area contributed by atoms with Gasteiger partial charge in [0.2, 0.25) is 5.91 Å². The molecule has 0 spiro atoms. The molecule has 1 aromatic heterocycles. The lowest BCUT2D eigenvalue weighted by Crippen LogP contribution is -2.37. The molecule has 5 rings (SSSR count). The number of amides is 1. The first-order valence-electron chi connectivity index (χ1n) is 12.5. The van der Waals surface area contributed by atoms with Crippen LogP contribution >= 0.6 is 11.6 Å². The second kappa shape index (κ2) is 12.0. The molecule has 0 aliphatic carbocycles. The van der Waals surface area contributed by atoms with E-state index in [1.807, 2.05) is 6.07 Å². The molecule has 3 heterocycles. The van der Waals surface area contributed by atoms with Crippen LogP contribution in [0, 0.1) is 5.82 Å². The molecular weight excluding hydrogens is 499 g/mol. The number of morpholine rings is 1. The number of hydrogen-bond donors (Lipinski definition) is 3. The summed E-state index contributed by atoms with van der Waals surface area (Å²) < 4.78 is 25.2. The van der Waals surface area contributed by atoms with Crippen LogP contribution in [-0.2, 0) is 9.53 Å². The zero-order valence-electron chi connectivity index (χ0n) is 20.4. The Kier molecular flexibility index (Phi) is 8.30. The van der Waals surface area contributed by atoms with Crippen molar-refractivity contribution in [3.8, 4) is 5.75 Å². The van der Waals surface area contributed by atoms with Crippen LogP contribution in [0.15, 0.2) is 36.7 Å². The van der Waals surface area contributed by atoms with Crippen LogP contribution in [0.25, 0.3) is 10.9 Å². The summed E-state index contributed by atoms with van der Waals surface area (Å²) in [6.07, 6.45) is 4.03. The second-order valence-electron chi connectivity index (χ2n) is 9.14. The van der Waals surface area contributed by atoms with E-state index in [0.29, 0.717) is 40.5 Å². The molecule has 2 aliphatic heterocycles. The predicted octanol–water partition coefficient (Wildman–Crippen LogP) is 3.96. The van der Waals surface area contributed by atoms with Gasteiger partial charge >= 0.3 is 0 Å². The average molecular weight is 529 g/mol. The van der Waals surface area contributed by atoms with Crippen molar-refractivity contribution in [2.24, 2.45) is 0 Å². The number of rotatable bonds is 9. The predicted molar refractivity (Wildman–Crippen MR) is 141 cm³/mol. The van der Waals surface area contributed by atoms with Crippen molar-refractivity contribution in [2.45, 2.75) is 25.3 Å². The van der Waals surface area contributed by atoms with Crippen LogP contribution in [0.4, 0.5) is 21.6 Å². The average Bonchev–Trinajstić information content (AvgIpc) is 3.45. The zero-order valence-corrected chi connectivity index (χ0v) is 21.2. The Morgan fingerprint density at radius 3 is 2.89 bits per heavy atom. The lowest BCUT2D eigenvalue weighted by atomic mass is 10.1. The van der Waals surface area contributed by atoms with Gasteiger partial charge in [-0.1, -0.05) is 11.6 Å². The monoisotopic (exact) mass is 528 g/mol. The van der Waals surface area contributed by atoms with Gasteiger partial charge in [-0.15, -0.1) is 0 Å². The standard InChI is InChI=1S/C26H30ClFN6O3/c27-19-13-17(4-5-20(19)28)32-25-18-14-24(37-10-2-7-34-8-11-36-12-9-34)23(15-22(18)30-16-31-25)33-26(35)21-3-1-6-29-21/h4-5,13-16,21,29H,1-3,6-12H2,(H,33,35)(H,30,31,32). The van der Waals surface area contributed by atoms with Gasteiger partial charge in [0.15, 0.2) is 0 Å². The van der Waals surface area contributed by atoms with E-state index in [0.717, 1.165) is 58.7 Å². The van der Waals surface area contributed by atoms with Gasteiger partial charge in [0.1, 0.15) is 23.7 Å². The third-order valence-corrected chi connectivity index (χ3v) is 6.82. The quantitative estimate of drug-likeness (QED) is 0.359. The second-order valence-corrected chi connectivity index (χ2v) is 9.54. The smallest absolute Gasteiger partial charge is 0.241 e. The molecule has 1 atom stereocenters. The summed E-state index contributed by atoms with van der Waals surface area (Å²) in [5, 5.41) is 10.1. The number of benzene rings is 2. The number of carbonyl (C=O) groups excluding carboxylic acids is 1. The van der Waals surface area contributed by atoms with Crippen molar-refractivity contribution in [2.75, 3.05) is 56.6 Å². The van der Waals surface area contributed by atoms with Gasteiger partial charge in [0.25, 0.3) is 0 Å². The number of ether oxygens (including phenoxy) is 2. The highest BCUT2D eigenvalue weighted by molar-refractivity contribution is 6.31. The first kappa shape index (κ1) is 25.6. The van der Waals surface area contributed by atoms with Gasteiger partial charge in [-0.05, 0) is 56.1 Å². The Morgan fingerprint density at radius 1 is 1.24 bits per heavy atom. The molecule has 2 aliphatic rings. The maximum absolute atomic E-state index is 13.6. The SMILES string of the molecule is O=C(Nc1cc2ncnc(Nc3ccc(F)c(Cl)c3)c2cc1OCCCN1CCOCC1)C1CCCN1. The Balaban J connectivity index is 1.38. The number of aromatic nitrogens is 2. The Bertz CT molecular complexity index is 1250. The fourth-order valence-corrected chi connectivity index (χ4v) is 4.71. The number of halogens is 2. The maximum atomic E-state index is 13.6. The van der Waals surface area contributed by atoms with Crippen molar-refractivity contribution < 1.29 is 18.7 Å². The summed E-state index contributed by atoms with van der Waals surface area (Å²) in [5.41, 5.74) is 1.78. The van der Waals surface area contributed by atoms with Crippen LogP contribution in [-0.4, -0.2) is 72.8 Å². The molecule has 0 radical (unpaired) electrons. The summed E-state index contributed by atoms with van der Waals surface area (Å²) in [6.45, 7) is 5.58. The fraction of sp³-hybridized carbons (Fsp3) is 0.423. The summed E-state index contributed by atoms with van der Waals surface area (Å²) in [7, 11) is 0. The van der Waals surface area contributed by atoms with Gasteiger partial charge in [-0.25, -0.2) is 14.4 Å². The highest BCUT2D eigenvalue weighted by Crippen LogP contribution is 2.34. The molecule has 196 valence electrons. The number of nitrogens with one attached hydrogen (secondary N) is 3. The van der Waals surface area contributed by atoms with Crippen molar-refractivity contribution in [3.05, 3.63) is 47.5 Å². The maximum Gasteiger partial charge on any atom is 0.241 e. The van der Waals surface area contributed by atoms with E-state index in [-0.39, 0.29) is 17.0 Å². The van der Waals surface area contributed by atoms with E-state index >= 15 is 0 Å². The minimum atomic E-state index is -0.496. The van der Waals surface area contributed by atoms with Crippen LogP contribution in [0.5, 0.6) is 5.75 Å². The minimum absolute atomic E-state index is 0.0122. The molecule has 1 amide bonds. The fourth-order valence-electron chi connectivity index (χ4n) is 4.53. The van der Waals surface area contributed by atoms with E-state index < -0.39 is 5.82 Å². The molecule has 0 saturated carbocycles. The Labute approximate surface area is 219 Å². The highest BCUT2D eigenvalue weighted by Gasteiger charge is 2.23. The first-order chi connectivity index (χ1) is 18.1. The number of nitrogens with zero attached hydrogens (tertiary/aromatic N) is 3. The molecule has 3 N–H and O–H groups in total. The van der Waals surface area contributed by atoms with E-state index in [4.69, 9.17) is 21.1 Å². The summed E-state index contributed by atoms with van der Waals surface area (Å²) >= 11 is 5.95. The largest absolute Gasteiger partial charge is 0.491 e. The number of fused-ring (bicyclic) bond motifs is 1. The molecular formula is C26H30ClFN6O3. The van der Waals surface area contributed by atoms with Gasteiger partial charge in [-0.2, -0.15) is 0 Å². The molecule has 37 heavy (non-hydrogen) atoms. The molecule has 2 aromatic carbocycles. The van der Waals surface area contributed by atoms with Crippen LogP contribution in [0.2, 0.25) is 5.02 Å². The minimum Gasteiger partial charge on any atom is -0.491 e. The summed E-state index contributed by atoms with van der Waals surface area (Å²) in [5.74, 6) is 0.463. The first-order valence-corrected chi connectivity index (χ1v) is 12.9. The van der Waals surface area contributed by atoms with Crippen molar-refractivity contribution in [3.63, 3.8) is 0 Å². The van der Waals surface area contributed by atoms with E-state index in [2.05, 4.69) is 30.8 Å². The number of anilines is 3. The van der Waals surface area contributed by atoms with Gasteiger partial charge < -0.3 is 25.4 Å². The third kappa shape index (κ3) is 6.45. The normalized spacial score (nSPS) is 18.2. The van der Waals surface area contributed by atoms with Crippen LogP contribution in [0.3, 0.4) is 0 Å². The zero-order chi connectivity index (χ0) is 25.6. The highest BCUT2D eigenvalue weighted by atomic mass is 35.5. The Morgan fingerprint density at radius 2 is 2.11 bits per heavy atom. The molecule has 3 aromatic rings. The molecule has 1 unspecified atom stereocenters. The Hall–Kier alpha value is -3.05. The molecule has 0 bridgehead atoms. The van der Waals surface area contributed by atoms with Crippen molar-refractivity contribution in [1.29, 1.82) is 0 Å². The topological polar surface area (TPSA) is 101 Å². The lowest BCUT2D eigenvalue weighted by Gasteiger charge is -2.26. The van der Waals surface area contributed by atoms with Crippen molar-refractivity contribution >= 4 is 45.6 Å². The number of hydrogen-bond acceptors (Lipinski definition) is 8. The lowest BCUT2D eigenvalue weighted by molar-refractivity contribution is -0.117. The van der Waals surface area contributed by atoms with Crippen molar-refractivity contribution in [1.82, 2.24) is 20.2 Å². The third-order valence-electron chi connectivity index (χ3n) is 6.53. The number of carbonyl (C=O) groups is 1. The molecule has 2 saturated heterocycles.